The van der Waals surface area contributed by atoms with Crippen LogP contribution >= 0.6 is 0 Å². The molecule has 0 amide bonds. The molecular formula is C15H24O. The first-order chi connectivity index (χ1) is 7.63. The number of fused-ring (bicyclic) bond motifs is 2. The van der Waals surface area contributed by atoms with E-state index in [0.717, 1.165) is 24.4 Å². The van der Waals surface area contributed by atoms with E-state index in [1.165, 1.54) is 25.7 Å². The number of rotatable bonds is 0. The van der Waals surface area contributed by atoms with Crippen molar-refractivity contribution in [3.05, 3.63) is 11.6 Å². The first-order valence-corrected chi connectivity index (χ1v) is 6.93. The van der Waals surface area contributed by atoms with Gasteiger partial charge in [0.2, 0.25) is 0 Å². The van der Waals surface area contributed by atoms with E-state index in [1.54, 1.807) is 5.57 Å². The third-order valence-electron chi connectivity index (χ3n) is 5.51. The van der Waals surface area contributed by atoms with Crippen molar-refractivity contribution in [3.63, 3.8) is 0 Å². The van der Waals surface area contributed by atoms with Crippen molar-refractivity contribution in [1.29, 1.82) is 0 Å². The fraction of sp³-hybridized carbons (Fsp3) is 0.867. The molecule has 0 aromatic rings. The summed E-state index contributed by atoms with van der Waals surface area (Å²) in [4.78, 5) is 0. The molecule has 1 heteroatoms. The van der Waals surface area contributed by atoms with Crippen LogP contribution in [0.1, 0.15) is 46.5 Å². The second-order valence-electron chi connectivity index (χ2n) is 6.48. The Kier molecular flexibility index (Phi) is 2.43. The molecule has 5 atom stereocenters. The van der Waals surface area contributed by atoms with Gasteiger partial charge in [0.1, 0.15) is 0 Å². The Labute approximate surface area is 99.3 Å². The van der Waals surface area contributed by atoms with Crippen LogP contribution < -0.4 is 0 Å². The second-order valence-corrected chi connectivity index (χ2v) is 6.48. The Bertz CT molecular complexity index is 319. The highest BCUT2D eigenvalue weighted by molar-refractivity contribution is 5.21. The van der Waals surface area contributed by atoms with E-state index in [0.29, 0.717) is 11.5 Å². The zero-order valence-corrected chi connectivity index (χ0v) is 10.8. The van der Waals surface area contributed by atoms with Crippen LogP contribution in [0.4, 0.5) is 0 Å². The lowest BCUT2D eigenvalue weighted by molar-refractivity contribution is -0.0503. The summed E-state index contributed by atoms with van der Waals surface area (Å²) >= 11 is 0. The van der Waals surface area contributed by atoms with Crippen molar-refractivity contribution >= 4 is 0 Å². The lowest BCUT2D eigenvalue weighted by atomic mass is 9.60. The average Bonchev–Trinajstić information content (AvgIpc) is 2.80. The Morgan fingerprint density at radius 1 is 1.31 bits per heavy atom. The van der Waals surface area contributed by atoms with Gasteiger partial charge in [-0.15, -0.1) is 0 Å². The van der Waals surface area contributed by atoms with Crippen molar-refractivity contribution in [2.45, 2.75) is 52.6 Å². The minimum Gasteiger partial charge on any atom is -0.377 e. The van der Waals surface area contributed by atoms with Crippen molar-refractivity contribution in [3.8, 4) is 0 Å². The Balaban J connectivity index is 1.96. The number of hydrogen-bond donors (Lipinski definition) is 0. The molecule has 0 aromatic heterocycles. The summed E-state index contributed by atoms with van der Waals surface area (Å²) in [5.74, 6) is 2.43. The summed E-state index contributed by atoms with van der Waals surface area (Å²) in [5.41, 5.74) is 1.99. The third kappa shape index (κ3) is 1.33. The minimum atomic E-state index is 0.401. The molecular weight excluding hydrogens is 196 g/mol. The van der Waals surface area contributed by atoms with Gasteiger partial charge in [0.15, 0.2) is 0 Å². The lowest BCUT2D eigenvalue weighted by Crippen LogP contribution is -2.45. The predicted octanol–water partition coefficient (Wildman–Crippen LogP) is 3.79. The molecule has 1 saturated carbocycles. The van der Waals surface area contributed by atoms with Crippen LogP contribution in [0, 0.1) is 23.2 Å². The van der Waals surface area contributed by atoms with Crippen molar-refractivity contribution in [1.82, 2.24) is 0 Å². The summed E-state index contributed by atoms with van der Waals surface area (Å²) in [6.07, 6.45) is 8.54. The number of hydrogen-bond acceptors (Lipinski definition) is 1. The van der Waals surface area contributed by atoms with Gasteiger partial charge in [0, 0.05) is 12.0 Å². The molecule has 90 valence electrons. The molecule has 3 aliphatic rings. The molecule has 0 N–H and O–H groups in total. The van der Waals surface area contributed by atoms with Crippen LogP contribution in [0.25, 0.3) is 0 Å². The fourth-order valence-electron chi connectivity index (χ4n) is 4.41. The van der Waals surface area contributed by atoms with Crippen molar-refractivity contribution < 1.29 is 4.74 Å². The third-order valence-corrected chi connectivity index (χ3v) is 5.51. The monoisotopic (exact) mass is 220 g/mol. The molecule has 16 heavy (non-hydrogen) atoms. The minimum absolute atomic E-state index is 0.401. The lowest BCUT2D eigenvalue weighted by Gasteiger charge is -2.46. The zero-order valence-electron chi connectivity index (χ0n) is 10.8. The first-order valence-electron chi connectivity index (χ1n) is 6.93. The van der Waals surface area contributed by atoms with E-state index in [4.69, 9.17) is 4.74 Å². The molecule has 1 heterocycles. The first kappa shape index (κ1) is 10.8. The SMILES string of the molecule is CC1=C[C@@]2(CC1)C1OC[C@H](C)C1CC[C@H]2C. The topological polar surface area (TPSA) is 9.23 Å². The summed E-state index contributed by atoms with van der Waals surface area (Å²) in [5, 5.41) is 0. The van der Waals surface area contributed by atoms with Gasteiger partial charge >= 0.3 is 0 Å². The predicted molar refractivity (Wildman–Crippen MR) is 66.2 cm³/mol. The van der Waals surface area contributed by atoms with Crippen LogP contribution in [0.5, 0.6) is 0 Å². The molecule has 3 rings (SSSR count). The van der Waals surface area contributed by atoms with Crippen molar-refractivity contribution in [2.24, 2.45) is 23.2 Å². The molecule has 2 aliphatic carbocycles. The van der Waals surface area contributed by atoms with E-state index in [1.807, 2.05) is 0 Å². The summed E-state index contributed by atoms with van der Waals surface area (Å²) in [7, 11) is 0. The molecule has 1 spiro atoms. The van der Waals surface area contributed by atoms with Gasteiger partial charge in [0.05, 0.1) is 6.10 Å². The Morgan fingerprint density at radius 2 is 2.12 bits per heavy atom. The summed E-state index contributed by atoms with van der Waals surface area (Å²) in [6, 6.07) is 0. The number of allylic oxidation sites excluding steroid dienone is 1. The molecule has 1 aliphatic heterocycles. The number of ether oxygens (including phenoxy) is 1. The maximum atomic E-state index is 6.18. The van der Waals surface area contributed by atoms with Crippen LogP contribution in [-0.4, -0.2) is 12.7 Å². The van der Waals surface area contributed by atoms with Gasteiger partial charge in [-0.2, -0.15) is 0 Å². The van der Waals surface area contributed by atoms with E-state index in [9.17, 15) is 0 Å². The highest BCUT2D eigenvalue weighted by Gasteiger charge is 2.54. The molecule has 2 unspecified atom stereocenters. The van der Waals surface area contributed by atoms with Crippen LogP contribution in [-0.2, 0) is 4.74 Å². The normalized spacial score (nSPS) is 51.8. The van der Waals surface area contributed by atoms with Gasteiger partial charge in [-0.1, -0.05) is 25.5 Å². The van der Waals surface area contributed by atoms with Gasteiger partial charge in [-0.25, -0.2) is 0 Å². The van der Waals surface area contributed by atoms with E-state index >= 15 is 0 Å². The molecule has 0 aromatic carbocycles. The standard InChI is InChI=1S/C15H24O/c1-10-6-7-15(8-10)12(3)4-5-13-11(2)9-16-14(13)15/h8,11-14H,4-7,9H2,1-3H3/t11-,12+,13?,14?,15+/m0/s1. The maximum Gasteiger partial charge on any atom is 0.0700 e. The van der Waals surface area contributed by atoms with E-state index in [-0.39, 0.29) is 0 Å². The van der Waals surface area contributed by atoms with Crippen molar-refractivity contribution in [2.75, 3.05) is 6.61 Å². The van der Waals surface area contributed by atoms with Gasteiger partial charge < -0.3 is 4.74 Å². The van der Waals surface area contributed by atoms with Crippen LogP contribution in [0.2, 0.25) is 0 Å². The quantitative estimate of drug-likeness (QED) is 0.564. The highest BCUT2D eigenvalue weighted by Crippen LogP contribution is 2.56. The molecule has 1 nitrogen and oxygen atoms in total. The van der Waals surface area contributed by atoms with Crippen LogP contribution in [0.15, 0.2) is 11.6 Å². The second kappa shape index (κ2) is 3.60. The fourth-order valence-corrected chi connectivity index (χ4v) is 4.41. The Hall–Kier alpha value is -0.300. The highest BCUT2D eigenvalue weighted by atomic mass is 16.5. The Morgan fingerprint density at radius 3 is 2.81 bits per heavy atom. The molecule has 0 radical (unpaired) electrons. The largest absolute Gasteiger partial charge is 0.377 e. The summed E-state index contributed by atoms with van der Waals surface area (Å²) in [6.45, 7) is 8.11. The summed E-state index contributed by atoms with van der Waals surface area (Å²) < 4.78 is 6.18. The van der Waals surface area contributed by atoms with Gasteiger partial charge in [-0.3, -0.25) is 0 Å². The molecule has 1 saturated heterocycles. The molecule has 0 bridgehead atoms. The van der Waals surface area contributed by atoms with E-state index < -0.39 is 0 Å². The van der Waals surface area contributed by atoms with E-state index in [2.05, 4.69) is 26.8 Å². The maximum absolute atomic E-state index is 6.18. The van der Waals surface area contributed by atoms with Gasteiger partial charge in [-0.05, 0) is 50.4 Å². The molecule has 2 fully saturated rings. The average molecular weight is 220 g/mol. The van der Waals surface area contributed by atoms with Crippen LogP contribution in [0.3, 0.4) is 0 Å². The van der Waals surface area contributed by atoms with Gasteiger partial charge in [0.25, 0.3) is 0 Å². The zero-order chi connectivity index (χ0) is 11.3. The smallest absolute Gasteiger partial charge is 0.0700 e.